The van der Waals surface area contributed by atoms with Crippen molar-refractivity contribution in [1.82, 2.24) is 15.1 Å². The maximum atomic E-state index is 12.6. The van der Waals surface area contributed by atoms with E-state index in [-0.39, 0.29) is 6.03 Å². The van der Waals surface area contributed by atoms with Crippen LogP contribution in [-0.2, 0) is 6.42 Å². The van der Waals surface area contributed by atoms with Gasteiger partial charge >= 0.3 is 6.03 Å². The van der Waals surface area contributed by atoms with E-state index in [4.69, 9.17) is 0 Å². The van der Waals surface area contributed by atoms with Gasteiger partial charge in [0.05, 0.1) is 0 Å². The highest BCUT2D eigenvalue weighted by atomic mass is 16.2. The Labute approximate surface area is 164 Å². The van der Waals surface area contributed by atoms with Crippen LogP contribution in [0.25, 0.3) is 0 Å². The second-order valence-electron chi connectivity index (χ2n) is 7.95. The number of amides is 2. The third-order valence-electron chi connectivity index (χ3n) is 5.96. The van der Waals surface area contributed by atoms with Crippen LogP contribution in [0.2, 0.25) is 0 Å². The van der Waals surface area contributed by atoms with Crippen molar-refractivity contribution in [3.05, 3.63) is 29.8 Å². The van der Waals surface area contributed by atoms with Gasteiger partial charge < -0.3 is 20.0 Å². The largest absolute Gasteiger partial charge is 0.368 e. The van der Waals surface area contributed by atoms with E-state index in [1.165, 1.54) is 43.6 Å². The number of hydrogen-bond donors (Lipinski definition) is 1. The van der Waals surface area contributed by atoms with E-state index in [2.05, 4.69) is 53.2 Å². The fourth-order valence-electron chi connectivity index (χ4n) is 4.45. The lowest BCUT2D eigenvalue weighted by molar-refractivity contribution is 0.164. The van der Waals surface area contributed by atoms with E-state index < -0.39 is 0 Å². The van der Waals surface area contributed by atoms with Crippen molar-refractivity contribution in [2.45, 2.75) is 39.5 Å². The summed E-state index contributed by atoms with van der Waals surface area (Å²) in [7, 11) is 0. The molecular formula is C22H36N4O. The van der Waals surface area contributed by atoms with E-state index in [1.807, 2.05) is 4.90 Å². The van der Waals surface area contributed by atoms with Crippen LogP contribution in [0.4, 0.5) is 10.5 Å². The highest BCUT2D eigenvalue weighted by Gasteiger charge is 2.24. The summed E-state index contributed by atoms with van der Waals surface area (Å²) in [6.07, 6.45) is 4.76. The summed E-state index contributed by atoms with van der Waals surface area (Å²) >= 11 is 0. The van der Waals surface area contributed by atoms with Crippen molar-refractivity contribution in [2.75, 3.05) is 57.3 Å². The maximum Gasteiger partial charge on any atom is 0.317 e. The number of benzene rings is 1. The molecule has 0 unspecified atom stereocenters. The zero-order valence-corrected chi connectivity index (χ0v) is 17.1. The highest BCUT2D eigenvalue weighted by molar-refractivity contribution is 5.74. The summed E-state index contributed by atoms with van der Waals surface area (Å²) < 4.78 is 0. The van der Waals surface area contributed by atoms with Crippen LogP contribution in [0.15, 0.2) is 24.3 Å². The first-order valence-electron chi connectivity index (χ1n) is 10.8. The second kappa shape index (κ2) is 9.98. The number of anilines is 1. The van der Waals surface area contributed by atoms with Gasteiger partial charge in [-0.2, -0.15) is 0 Å². The number of rotatable bonds is 6. The molecule has 0 spiro atoms. The number of hydrogen-bond acceptors (Lipinski definition) is 3. The van der Waals surface area contributed by atoms with Gasteiger partial charge in [0, 0.05) is 45.0 Å². The molecule has 0 saturated carbocycles. The number of carbonyl (C=O) groups excluding carboxylic acids is 1. The summed E-state index contributed by atoms with van der Waals surface area (Å²) in [4.78, 5) is 19.5. The first-order valence-corrected chi connectivity index (χ1v) is 10.8. The molecule has 0 aromatic heterocycles. The molecule has 0 bridgehead atoms. The Balaban J connectivity index is 1.43. The van der Waals surface area contributed by atoms with Crippen LogP contribution < -0.4 is 10.2 Å². The minimum absolute atomic E-state index is 0.117. The van der Waals surface area contributed by atoms with Crippen molar-refractivity contribution in [2.24, 2.45) is 5.92 Å². The number of urea groups is 1. The number of para-hydroxylation sites is 1. The van der Waals surface area contributed by atoms with Crippen molar-refractivity contribution < 1.29 is 4.79 Å². The second-order valence-corrected chi connectivity index (χ2v) is 7.95. The minimum atomic E-state index is 0.117. The van der Waals surface area contributed by atoms with Crippen molar-refractivity contribution >= 4 is 11.7 Å². The molecule has 2 heterocycles. The Morgan fingerprint density at radius 2 is 1.89 bits per heavy atom. The van der Waals surface area contributed by atoms with Gasteiger partial charge in [0.1, 0.15) is 0 Å². The molecule has 27 heavy (non-hydrogen) atoms. The summed E-state index contributed by atoms with van der Waals surface area (Å²) in [5.74, 6) is 0.604. The Hall–Kier alpha value is -1.75. The van der Waals surface area contributed by atoms with Crippen molar-refractivity contribution in [3.63, 3.8) is 0 Å². The molecule has 0 radical (unpaired) electrons. The predicted octanol–water partition coefficient (Wildman–Crippen LogP) is 3.20. The lowest BCUT2D eigenvalue weighted by atomic mass is 9.98. The number of likely N-dealkylation sites (tertiary alicyclic amines) is 1. The van der Waals surface area contributed by atoms with E-state index in [0.29, 0.717) is 5.92 Å². The van der Waals surface area contributed by atoms with Crippen LogP contribution in [0.5, 0.6) is 0 Å². The smallest absolute Gasteiger partial charge is 0.317 e. The van der Waals surface area contributed by atoms with Gasteiger partial charge in [-0.25, -0.2) is 4.79 Å². The topological polar surface area (TPSA) is 38.8 Å². The monoisotopic (exact) mass is 372 g/mol. The number of aryl methyl sites for hydroxylation is 1. The Kier molecular flexibility index (Phi) is 7.39. The molecule has 2 amide bonds. The number of piperazine rings is 1. The molecule has 2 saturated heterocycles. The number of nitrogens with zero attached hydrogens (tertiary/aromatic N) is 3. The first kappa shape index (κ1) is 20.0. The number of carbonyl (C=O) groups is 1. The molecule has 5 nitrogen and oxygen atoms in total. The SMILES string of the molecule is CCCN1CCC[C@@H](CNC(=O)N2CCN(c3ccccc3CC)CC2)C1. The van der Waals surface area contributed by atoms with Crippen molar-refractivity contribution in [3.8, 4) is 0 Å². The average Bonchev–Trinajstić information content (AvgIpc) is 2.72. The van der Waals surface area contributed by atoms with E-state index in [9.17, 15) is 4.79 Å². The molecule has 0 aliphatic carbocycles. The third-order valence-corrected chi connectivity index (χ3v) is 5.96. The molecule has 1 N–H and O–H groups in total. The molecule has 2 fully saturated rings. The maximum absolute atomic E-state index is 12.6. The predicted molar refractivity (Wildman–Crippen MR) is 112 cm³/mol. The lowest BCUT2D eigenvalue weighted by Gasteiger charge is -2.37. The number of piperidine rings is 1. The van der Waals surface area contributed by atoms with Gasteiger partial charge in [0.15, 0.2) is 0 Å². The van der Waals surface area contributed by atoms with Crippen LogP contribution in [-0.4, -0.2) is 68.2 Å². The van der Waals surface area contributed by atoms with Gasteiger partial charge in [-0.15, -0.1) is 0 Å². The van der Waals surface area contributed by atoms with Crippen molar-refractivity contribution in [1.29, 1.82) is 0 Å². The van der Waals surface area contributed by atoms with Crippen LogP contribution in [0.1, 0.15) is 38.7 Å². The van der Waals surface area contributed by atoms with Gasteiger partial charge in [-0.3, -0.25) is 0 Å². The molecular weight excluding hydrogens is 336 g/mol. The molecule has 150 valence electrons. The summed E-state index contributed by atoms with van der Waals surface area (Å²) in [6.45, 7) is 12.2. The van der Waals surface area contributed by atoms with E-state index in [1.54, 1.807) is 0 Å². The number of nitrogens with one attached hydrogen (secondary N) is 1. The van der Waals surface area contributed by atoms with E-state index in [0.717, 1.165) is 45.7 Å². The van der Waals surface area contributed by atoms with Gasteiger partial charge in [-0.1, -0.05) is 32.0 Å². The highest BCUT2D eigenvalue weighted by Crippen LogP contribution is 2.22. The Morgan fingerprint density at radius 3 is 2.63 bits per heavy atom. The standard InChI is InChI=1S/C22H36N4O/c1-3-11-24-12-7-8-19(18-24)17-23-22(27)26-15-13-25(14-16-26)21-10-6-5-9-20(21)4-2/h5-6,9-10,19H,3-4,7-8,11-18H2,1-2H3,(H,23,27)/t19-/m0/s1. The fourth-order valence-corrected chi connectivity index (χ4v) is 4.45. The molecule has 1 atom stereocenters. The molecule has 5 heteroatoms. The van der Waals surface area contributed by atoms with Gasteiger partial charge in [0.25, 0.3) is 0 Å². The van der Waals surface area contributed by atoms with Gasteiger partial charge in [-0.05, 0) is 56.3 Å². The van der Waals surface area contributed by atoms with Gasteiger partial charge in [0.2, 0.25) is 0 Å². The summed E-state index contributed by atoms with van der Waals surface area (Å²) in [6, 6.07) is 8.75. The molecule has 2 aliphatic rings. The Bertz CT molecular complexity index is 596. The fraction of sp³-hybridized carbons (Fsp3) is 0.682. The zero-order valence-electron chi connectivity index (χ0n) is 17.1. The third kappa shape index (κ3) is 5.38. The minimum Gasteiger partial charge on any atom is -0.368 e. The quantitative estimate of drug-likeness (QED) is 0.833. The average molecular weight is 373 g/mol. The molecule has 3 rings (SSSR count). The lowest BCUT2D eigenvalue weighted by Crippen LogP contribution is -2.53. The molecule has 1 aromatic rings. The Morgan fingerprint density at radius 1 is 1.11 bits per heavy atom. The summed E-state index contributed by atoms with van der Waals surface area (Å²) in [5.41, 5.74) is 2.72. The van der Waals surface area contributed by atoms with Crippen LogP contribution in [0, 0.1) is 5.92 Å². The summed E-state index contributed by atoms with van der Waals surface area (Å²) in [5, 5.41) is 3.20. The molecule has 1 aromatic carbocycles. The normalized spacial score (nSPS) is 21.3. The van der Waals surface area contributed by atoms with E-state index >= 15 is 0 Å². The van der Waals surface area contributed by atoms with Crippen LogP contribution in [0.3, 0.4) is 0 Å². The zero-order chi connectivity index (χ0) is 19.1. The van der Waals surface area contributed by atoms with Crippen LogP contribution >= 0.6 is 0 Å². The molecule has 2 aliphatic heterocycles. The first-order chi connectivity index (χ1) is 13.2.